The normalized spacial score (nSPS) is 19.7. The Morgan fingerprint density at radius 2 is 1.95 bits per heavy atom. The molecule has 2 rings (SSSR count). The van der Waals surface area contributed by atoms with Crippen LogP contribution in [-0.4, -0.2) is 36.9 Å². The van der Waals surface area contributed by atoms with Crippen LogP contribution in [0.4, 0.5) is 4.39 Å². The highest BCUT2D eigenvalue weighted by Gasteiger charge is 2.40. The highest BCUT2D eigenvalue weighted by molar-refractivity contribution is 7.89. The summed E-state index contributed by atoms with van der Waals surface area (Å²) in [5.41, 5.74) is -0.895. The topological polar surface area (TPSA) is 74.7 Å². The zero-order valence-electron chi connectivity index (χ0n) is 11.0. The number of carboxylic acid groups (broad SMARTS) is 1. The van der Waals surface area contributed by atoms with Gasteiger partial charge in [0, 0.05) is 13.1 Å². The van der Waals surface area contributed by atoms with Crippen LogP contribution >= 0.6 is 0 Å². The molecule has 1 saturated heterocycles. The summed E-state index contributed by atoms with van der Waals surface area (Å²) in [4.78, 5) is 11.0. The molecule has 110 valence electrons. The van der Waals surface area contributed by atoms with Gasteiger partial charge in [0.05, 0.1) is 10.3 Å². The predicted octanol–water partition coefficient (Wildman–Crippen LogP) is 1.70. The van der Waals surface area contributed by atoms with Gasteiger partial charge in [-0.05, 0) is 38.0 Å². The summed E-state index contributed by atoms with van der Waals surface area (Å²) in [5.74, 6) is -1.53. The highest BCUT2D eigenvalue weighted by Crippen LogP contribution is 2.33. The Bertz CT molecular complexity index is 621. The maximum atomic E-state index is 13.1. The first-order valence-corrected chi connectivity index (χ1v) is 7.69. The number of hydrogen-bond acceptors (Lipinski definition) is 3. The standard InChI is InChI=1S/C13H16FNO4S/c1-13(12(16)17)5-7-15(8-6-13)20(18,19)11-4-2-3-10(14)9-11/h2-4,9H,5-8H2,1H3,(H,16,17). The van der Waals surface area contributed by atoms with Crippen LogP contribution in [0.2, 0.25) is 0 Å². The largest absolute Gasteiger partial charge is 0.481 e. The molecule has 0 bridgehead atoms. The fourth-order valence-corrected chi connectivity index (χ4v) is 3.68. The molecule has 1 aliphatic heterocycles. The van der Waals surface area contributed by atoms with E-state index in [4.69, 9.17) is 5.11 Å². The third kappa shape index (κ3) is 2.69. The summed E-state index contributed by atoms with van der Waals surface area (Å²) < 4.78 is 39.0. The van der Waals surface area contributed by atoms with Crippen molar-refractivity contribution in [1.29, 1.82) is 0 Å². The van der Waals surface area contributed by atoms with Crippen molar-refractivity contribution in [2.45, 2.75) is 24.7 Å². The molecular weight excluding hydrogens is 285 g/mol. The molecule has 0 amide bonds. The lowest BCUT2D eigenvalue weighted by Gasteiger charge is -2.35. The second-order valence-corrected chi connectivity index (χ2v) is 7.17. The van der Waals surface area contributed by atoms with Gasteiger partial charge >= 0.3 is 5.97 Å². The molecule has 7 heteroatoms. The van der Waals surface area contributed by atoms with Crippen molar-refractivity contribution in [1.82, 2.24) is 4.31 Å². The molecule has 0 saturated carbocycles. The third-order valence-corrected chi connectivity index (χ3v) is 5.67. The summed E-state index contributed by atoms with van der Waals surface area (Å²) in [6.45, 7) is 1.87. The summed E-state index contributed by atoms with van der Waals surface area (Å²) in [5, 5.41) is 9.12. The van der Waals surface area contributed by atoms with E-state index in [0.717, 1.165) is 6.07 Å². The number of halogens is 1. The Morgan fingerprint density at radius 3 is 2.45 bits per heavy atom. The second-order valence-electron chi connectivity index (χ2n) is 5.23. The minimum atomic E-state index is -3.76. The van der Waals surface area contributed by atoms with E-state index in [1.807, 2.05) is 0 Å². The Morgan fingerprint density at radius 1 is 1.35 bits per heavy atom. The molecule has 0 radical (unpaired) electrons. The van der Waals surface area contributed by atoms with Gasteiger partial charge in [0.1, 0.15) is 5.82 Å². The quantitative estimate of drug-likeness (QED) is 0.922. The van der Waals surface area contributed by atoms with Crippen LogP contribution < -0.4 is 0 Å². The summed E-state index contributed by atoms with van der Waals surface area (Å²) in [7, 11) is -3.76. The molecule has 5 nitrogen and oxygen atoms in total. The molecule has 20 heavy (non-hydrogen) atoms. The molecule has 0 aliphatic carbocycles. The summed E-state index contributed by atoms with van der Waals surface area (Å²) >= 11 is 0. The number of piperidine rings is 1. The van der Waals surface area contributed by atoms with Crippen LogP contribution in [0.5, 0.6) is 0 Å². The van der Waals surface area contributed by atoms with E-state index in [1.165, 1.54) is 22.5 Å². The minimum absolute atomic E-state index is 0.101. The average molecular weight is 301 g/mol. The first-order valence-electron chi connectivity index (χ1n) is 6.25. The average Bonchev–Trinajstić information content (AvgIpc) is 2.39. The molecule has 1 fully saturated rings. The van der Waals surface area contributed by atoms with Gasteiger partial charge < -0.3 is 5.11 Å². The van der Waals surface area contributed by atoms with E-state index in [1.54, 1.807) is 6.92 Å². The summed E-state index contributed by atoms with van der Waals surface area (Å²) in [6.07, 6.45) is 0.494. The molecule has 1 aromatic rings. The van der Waals surface area contributed by atoms with Gasteiger partial charge in [-0.25, -0.2) is 12.8 Å². The lowest BCUT2D eigenvalue weighted by molar-refractivity contribution is -0.150. The molecular formula is C13H16FNO4S. The Labute approximate surface area is 117 Å². The van der Waals surface area contributed by atoms with Crippen molar-refractivity contribution in [3.63, 3.8) is 0 Å². The fraction of sp³-hybridized carbons (Fsp3) is 0.462. The lowest BCUT2D eigenvalue weighted by atomic mass is 9.81. The van der Waals surface area contributed by atoms with Gasteiger partial charge in [0.15, 0.2) is 0 Å². The number of nitrogens with zero attached hydrogens (tertiary/aromatic N) is 1. The molecule has 0 atom stereocenters. The van der Waals surface area contributed by atoms with E-state index < -0.39 is 27.2 Å². The van der Waals surface area contributed by atoms with Gasteiger partial charge in [0.2, 0.25) is 10.0 Å². The van der Waals surface area contributed by atoms with Crippen molar-refractivity contribution in [3.8, 4) is 0 Å². The number of benzene rings is 1. The van der Waals surface area contributed by atoms with Crippen LogP contribution in [0.3, 0.4) is 0 Å². The monoisotopic (exact) mass is 301 g/mol. The molecule has 1 aromatic carbocycles. The SMILES string of the molecule is CC1(C(=O)O)CCN(S(=O)(=O)c2cccc(F)c2)CC1. The number of hydrogen-bond donors (Lipinski definition) is 1. The van der Waals surface area contributed by atoms with Crippen molar-refractivity contribution >= 4 is 16.0 Å². The second kappa shape index (κ2) is 5.14. The van der Waals surface area contributed by atoms with Gasteiger partial charge in [-0.2, -0.15) is 4.31 Å². The maximum Gasteiger partial charge on any atom is 0.309 e. The molecule has 0 spiro atoms. The zero-order chi connectivity index (χ0) is 15.0. The van der Waals surface area contributed by atoms with Crippen molar-refractivity contribution in [2.24, 2.45) is 5.41 Å². The van der Waals surface area contributed by atoms with Crippen molar-refractivity contribution < 1.29 is 22.7 Å². The van der Waals surface area contributed by atoms with E-state index in [-0.39, 0.29) is 30.8 Å². The van der Waals surface area contributed by atoms with Crippen LogP contribution in [0, 0.1) is 11.2 Å². The van der Waals surface area contributed by atoms with Crippen LogP contribution in [0.15, 0.2) is 29.2 Å². The van der Waals surface area contributed by atoms with Gasteiger partial charge in [-0.1, -0.05) is 6.07 Å². The predicted molar refractivity (Wildman–Crippen MR) is 70.1 cm³/mol. The molecule has 1 N–H and O–H groups in total. The highest BCUT2D eigenvalue weighted by atomic mass is 32.2. The number of aliphatic carboxylic acids is 1. The van der Waals surface area contributed by atoms with Crippen LogP contribution in [0.25, 0.3) is 0 Å². The molecule has 1 heterocycles. The van der Waals surface area contributed by atoms with E-state index in [2.05, 4.69) is 0 Å². The van der Waals surface area contributed by atoms with Crippen molar-refractivity contribution in [3.05, 3.63) is 30.1 Å². The Balaban J connectivity index is 2.20. The van der Waals surface area contributed by atoms with Gasteiger partial charge in [0.25, 0.3) is 0 Å². The van der Waals surface area contributed by atoms with Crippen LogP contribution in [0.1, 0.15) is 19.8 Å². The lowest BCUT2D eigenvalue weighted by Crippen LogP contribution is -2.45. The molecule has 1 aliphatic rings. The van der Waals surface area contributed by atoms with E-state index in [9.17, 15) is 17.6 Å². The van der Waals surface area contributed by atoms with E-state index >= 15 is 0 Å². The maximum absolute atomic E-state index is 13.1. The zero-order valence-corrected chi connectivity index (χ0v) is 11.9. The number of carboxylic acids is 1. The third-order valence-electron chi connectivity index (χ3n) is 3.78. The first kappa shape index (κ1) is 14.9. The fourth-order valence-electron chi connectivity index (χ4n) is 2.21. The first-order chi connectivity index (χ1) is 9.25. The molecule has 0 aromatic heterocycles. The number of carbonyl (C=O) groups is 1. The van der Waals surface area contributed by atoms with E-state index in [0.29, 0.717) is 0 Å². The molecule has 0 unspecified atom stereocenters. The number of rotatable bonds is 3. The van der Waals surface area contributed by atoms with Crippen molar-refractivity contribution in [2.75, 3.05) is 13.1 Å². The summed E-state index contributed by atoms with van der Waals surface area (Å²) in [6, 6.07) is 4.83. The van der Waals surface area contributed by atoms with Gasteiger partial charge in [-0.15, -0.1) is 0 Å². The Hall–Kier alpha value is -1.47. The van der Waals surface area contributed by atoms with Crippen LogP contribution in [-0.2, 0) is 14.8 Å². The van der Waals surface area contributed by atoms with Gasteiger partial charge in [-0.3, -0.25) is 4.79 Å². The Kier molecular flexibility index (Phi) is 3.84. The smallest absolute Gasteiger partial charge is 0.309 e. The number of sulfonamides is 1. The minimum Gasteiger partial charge on any atom is -0.481 e.